The van der Waals surface area contributed by atoms with Gasteiger partial charge >= 0.3 is 0 Å². The van der Waals surface area contributed by atoms with Crippen molar-refractivity contribution in [2.75, 3.05) is 0 Å². The van der Waals surface area contributed by atoms with Crippen LogP contribution in [0.2, 0.25) is 5.28 Å². The lowest BCUT2D eigenvalue weighted by Crippen LogP contribution is -2.06. The first-order valence-electron chi connectivity index (χ1n) is 24.0. The van der Waals surface area contributed by atoms with Crippen LogP contribution in [-0.4, -0.2) is 33.6 Å². The van der Waals surface area contributed by atoms with Gasteiger partial charge in [0.05, 0.1) is 66.9 Å². The minimum absolute atomic E-state index is 0.280. The van der Waals surface area contributed by atoms with Crippen LogP contribution in [0.15, 0.2) is 243 Å². The van der Waals surface area contributed by atoms with Crippen molar-refractivity contribution in [3.05, 3.63) is 248 Å². The van der Waals surface area contributed by atoms with Crippen LogP contribution >= 0.6 is 11.6 Å². The maximum absolute atomic E-state index is 5.95. The third-order valence-electron chi connectivity index (χ3n) is 13.9. The Kier molecular flexibility index (Phi) is 9.76. The molecule has 0 unspecified atom stereocenters. The molecule has 5 aromatic heterocycles. The number of hydrogen-bond donors (Lipinski definition) is 0. The number of halogens is 1. The molecule has 0 N–H and O–H groups in total. The molecule has 0 aliphatic heterocycles. The van der Waals surface area contributed by atoms with Crippen LogP contribution in [0, 0.1) is 0 Å². The molecule has 0 aliphatic rings. The van der Waals surface area contributed by atoms with Crippen molar-refractivity contribution in [2.24, 2.45) is 0 Å². The highest BCUT2D eigenvalue weighted by Crippen LogP contribution is 2.43. The second-order valence-corrected chi connectivity index (χ2v) is 18.3. The zero-order valence-electron chi connectivity index (χ0n) is 38.6. The summed E-state index contributed by atoms with van der Waals surface area (Å²) in [4.78, 5) is 19.2. The molecule has 0 bridgehead atoms. The average molecular weight is 943 g/mol. The van der Waals surface area contributed by atoms with E-state index in [0.717, 1.165) is 88.5 Å². The van der Waals surface area contributed by atoms with Crippen molar-refractivity contribution in [3.63, 3.8) is 0 Å². The first kappa shape index (κ1) is 41.5. The Morgan fingerprint density at radius 1 is 0.264 bits per heavy atom. The Morgan fingerprint density at radius 3 is 1.08 bits per heavy atom. The number of fused-ring (bicyclic) bond motifs is 11. The molecule has 72 heavy (non-hydrogen) atoms. The smallest absolute Gasteiger partial charge is 0.235 e. The lowest BCUT2D eigenvalue weighted by atomic mass is 10.1. The summed E-state index contributed by atoms with van der Waals surface area (Å²) in [5.41, 5.74) is 14.6. The molecule has 0 saturated heterocycles. The van der Waals surface area contributed by atoms with Gasteiger partial charge in [-0.3, -0.25) is 4.57 Å². The zero-order valence-corrected chi connectivity index (χ0v) is 39.4. The average Bonchev–Trinajstić information content (AvgIpc) is 4.08. The van der Waals surface area contributed by atoms with Crippen molar-refractivity contribution in [1.82, 2.24) is 33.6 Å². The van der Waals surface area contributed by atoms with Gasteiger partial charge in [-0.25, -0.2) is 19.9 Å². The summed E-state index contributed by atoms with van der Waals surface area (Å²) in [5, 5.41) is 9.50. The first-order chi connectivity index (χ1) is 35.7. The molecule has 10 aromatic carbocycles. The van der Waals surface area contributed by atoms with E-state index in [9.17, 15) is 0 Å². The Bertz CT molecular complexity index is 4490. The summed E-state index contributed by atoms with van der Waals surface area (Å²) in [6.45, 7) is 0. The molecule has 5 heterocycles. The molecule has 15 rings (SSSR count). The topological polar surface area (TPSA) is 66.3 Å². The standard InChI is InChI=1S/C50H31N5.C14H9ClN2/c1-2-16-32(17-3-1)49-38-23-4-10-24-40(38)51-50(52-49)55-45-29-15-9-22-37(45)39-30-47(53-41-25-11-5-18-33(41)34-19-6-12-26-42(34)53)48(31-46(39)55)54-43-27-13-7-20-35(43)36-21-8-14-28-44(36)54;15-14-16-12-9-5-4-8-11(12)13(17-14)10-6-2-1-3-7-10/h1-31H;1-9H. The van der Waals surface area contributed by atoms with Crippen molar-refractivity contribution in [1.29, 1.82) is 0 Å². The lowest BCUT2D eigenvalue weighted by molar-refractivity contribution is 1.01. The van der Waals surface area contributed by atoms with Crippen LogP contribution in [-0.2, 0) is 0 Å². The molecule has 8 heteroatoms. The maximum atomic E-state index is 5.95. The van der Waals surface area contributed by atoms with Gasteiger partial charge in [-0.15, -0.1) is 0 Å². The van der Waals surface area contributed by atoms with E-state index in [1.54, 1.807) is 0 Å². The van der Waals surface area contributed by atoms with E-state index in [0.29, 0.717) is 5.95 Å². The van der Waals surface area contributed by atoms with Crippen LogP contribution in [0.4, 0.5) is 0 Å². The molecule has 0 aliphatic carbocycles. The lowest BCUT2D eigenvalue weighted by Gasteiger charge is -2.18. The molecule has 0 atom stereocenters. The quantitative estimate of drug-likeness (QED) is 0.161. The highest BCUT2D eigenvalue weighted by Gasteiger charge is 2.24. The van der Waals surface area contributed by atoms with E-state index in [2.05, 4.69) is 206 Å². The van der Waals surface area contributed by atoms with E-state index in [-0.39, 0.29) is 5.28 Å². The summed E-state index contributed by atoms with van der Waals surface area (Å²) in [6.07, 6.45) is 0. The fourth-order valence-electron chi connectivity index (χ4n) is 10.8. The van der Waals surface area contributed by atoms with Gasteiger partial charge in [-0.1, -0.05) is 188 Å². The summed E-state index contributed by atoms with van der Waals surface area (Å²) >= 11 is 5.95. The predicted molar refractivity (Wildman–Crippen MR) is 298 cm³/mol. The van der Waals surface area contributed by atoms with Gasteiger partial charge in [0.2, 0.25) is 11.2 Å². The van der Waals surface area contributed by atoms with Crippen molar-refractivity contribution in [2.45, 2.75) is 0 Å². The fourth-order valence-corrected chi connectivity index (χ4v) is 11.0. The van der Waals surface area contributed by atoms with Crippen molar-refractivity contribution < 1.29 is 0 Å². The van der Waals surface area contributed by atoms with Gasteiger partial charge in [-0.05, 0) is 66.2 Å². The molecular formula is C64H40ClN7. The second-order valence-electron chi connectivity index (χ2n) is 17.9. The first-order valence-corrected chi connectivity index (χ1v) is 24.4. The fraction of sp³-hybridized carbons (Fsp3) is 0. The molecule has 0 saturated carbocycles. The van der Waals surface area contributed by atoms with Gasteiger partial charge < -0.3 is 9.13 Å². The molecule has 0 radical (unpaired) electrons. The summed E-state index contributed by atoms with van der Waals surface area (Å²) in [6, 6.07) is 85.1. The van der Waals surface area contributed by atoms with Gasteiger partial charge in [0.25, 0.3) is 0 Å². The summed E-state index contributed by atoms with van der Waals surface area (Å²) in [5.74, 6) is 0.640. The van der Waals surface area contributed by atoms with Crippen molar-refractivity contribution in [3.8, 4) is 39.8 Å². The Morgan fingerprint density at radius 2 is 0.611 bits per heavy atom. The van der Waals surface area contributed by atoms with Crippen LogP contribution in [0.1, 0.15) is 0 Å². The Labute approximate surface area is 418 Å². The highest BCUT2D eigenvalue weighted by atomic mass is 35.5. The van der Waals surface area contributed by atoms with Crippen molar-refractivity contribution >= 4 is 98.8 Å². The van der Waals surface area contributed by atoms with Crippen LogP contribution in [0.3, 0.4) is 0 Å². The van der Waals surface area contributed by atoms with E-state index >= 15 is 0 Å². The van der Waals surface area contributed by atoms with Crippen LogP contribution in [0.5, 0.6) is 0 Å². The largest absolute Gasteiger partial charge is 0.307 e. The predicted octanol–water partition coefficient (Wildman–Crippen LogP) is 16.5. The third-order valence-corrected chi connectivity index (χ3v) is 14.0. The normalized spacial score (nSPS) is 11.7. The number of benzene rings is 10. The number of aromatic nitrogens is 7. The third kappa shape index (κ3) is 6.67. The molecule has 0 spiro atoms. The number of rotatable bonds is 5. The molecule has 0 amide bonds. The molecule has 338 valence electrons. The Balaban J connectivity index is 0.000000240. The minimum Gasteiger partial charge on any atom is -0.307 e. The number of para-hydroxylation sites is 7. The number of nitrogens with zero attached hydrogens (tertiary/aromatic N) is 7. The summed E-state index contributed by atoms with van der Waals surface area (Å²) in [7, 11) is 0. The minimum atomic E-state index is 0.280. The van der Waals surface area contributed by atoms with E-state index < -0.39 is 0 Å². The molecule has 0 fully saturated rings. The van der Waals surface area contributed by atoms with E-state index in [1.165, 1.54) is 32.6 Å². The second kappa shape index (κ2) is 16.9. The van der Waals surface area contributed by atoms with Crippen LogP contribution < -0.4 is 0 Å². The summed E-state index contributed by atoms with van der Waals surface area (Å²) < 4.78 is 7.16. The molecule has 15 aromatic rings. The highest BCUT2D eigenvalue weighted by molar-refractivity contribution is 6.29. The SMILES string of the molecule is Clc1nc(-c2ccccc2)c2ccccc2n1.c1ccc(-c2nc(-n3c4ccccc4c4cc(-n5c6ccccc6c6ccccc65)c(-n5c6ccccc6c6ccccc65)cc43)nc3ccccc23)cc1. The van der Waals surface area contributed by atoms with Gasteiger partial charge in [0.15, 0.2) is 0 Å². The van der Waals surface area contributed by atoms with E-state index in [1.807, 2.05) is 60.7 Å². The Hall–Kier alpha value is -9.43. The molecule has 7 nitrogen and oxygen atoms in total. The zero-order chi connectivity index (χ0) is 47.7. The van der Waals surface area contributed by atoms with E-state index in [4.69, 9.17) is 21.6 Å². The number of hydrogen-bond acceptors (Lipinski definition) is 4. The molecular weight excluding hydrogens is 902 g/mol. The monoisotopic (exact) mass is 941 g/mol. The van der Waals surface area contributed by atoms with Crippen LogP contribution in [0.25, 0.3) is 127 Å². The van der Waals surface area contributed by atoms with Gasteiger partial charge in [0, 0.05) is 54.2 Å². The van der Waals surface area contributed by atoms with Gasteiger partial charge in [-0.2, -0.15) is 0 Å². The van der Waals surface area contributed by atoms with Gasteiger partial charge in [0.1, 0.15) is 0 Å². The maximum Gasteiger partial charge on any atom is 0.235 e.